The second kappa shape index (κ2) is 3.97. The number of hydrogen-bond acceptors (Lipinski definition) is 3. The minimum atomic E-state index is 0.693. The fourth-order valence-electron chi connectivity index (χ4n) is 3.20. The van der Waals surface area contributed by atoms with Crippen LogP contribution in [0.1, 0.15) is 19.3 Å². The number of fused-ring (bicyclic) bond motifs is 1. The van der Waals surface area contributed by atoms with Crippen molar-refractivity contribution in [3.05, 3.63) is 12.3 Å². The van der Waals surface area contributed by atoms with Gasteiger partial charge < -0.3 is 10.6 Å². The molecule has 3 heteroatoms. The minimum absolute atomic E-state index is 0.693. The van der Waals surface area contributed by atoms with Gasteiger partial charge in [0.25, 0.3) is 0 Å². The first-order valence-corrected chi connectivity index (χ1v) is 6.13. The lowest BCUT2D eigenvalue weighted by atomic mass is 9.75. The van der Waals surface area contributed by atoms with Gasteiger partial charge in [-0.3, -0.25) is 4.99 Å². The van der Waals surface area contributed by atoms with Crippen molar-refractivity contribution < 1.29 is 0 Å². The lowest BCUT2D eigenvalue weighted by Crippen LogP contribution is -2.40. The molecule has 0 spiro atoms. The third-order valence-electron chi connectivity index (χ3n) is 4.02. The lowest BCUT2D eigenvalue weighted by molar-refractivity contribution is 0.257. The highest BCUT2D eigenvalue weighted by atomic mass is 15.0. The molecule has 0 radical (unpaired) electrons. The van der Waals surface area contributed by atoms with Gasteiger partial charge in [0, 0.05) is 12.5 Å². The fraction of sp³-hybridized carbons (Fsp3) is 0.750. The molecule has 3 aliphatic rings. The molecular formula is C12H19N3. The second-order valence-electron chi connectivity index (χ2n) is 4.83. The van der Waals surface area contributed by atoms with Gasteiger partial charge >= 0.3 is 0 Å². The van der Waals surface area contributed by atoms with Crippen LogP contribution in [0.3, 0.4) is 0 Å². The summed E-state index contributed by atoms with van der Waals surface area (Å²) in [6.07, 6.45) is 8.40. The zero-order valence-electron chi connectivity index (χ0n) is 9.08. The van der Waals surface area contributed by atoms with Crippen LogP contribution in [0.4, 0.5) is 0 Å². The maximum Gasteiger partial charge on any atom is 0.104 e. The third kappa shape index (κ3) is 1.69. The van der Waals surface area contributed by atoms with E-state index in [0.717, 1.165) is 18.4 Å². The van der Waals surface area contributed by atoms with Gasteiger partial charge in [-0.2, -0.15) is 0 Å². The van der Waals surface area contributed by atoms with E-state index in [9.17, 15) is 0 Å². The monoisotopic (exact) mass is 205 g/mol. The number of nitrogens with zero attached hydrogens (tertiary/aromatic N) is 1. The molecule has 3 nitrogen and oxygen atoms in total. The molecule has 2 unspecified atom stereocenters. The van der Waals surface area contributed by atoms with E-state index >= 15 is 0 Å². The molecule has 3 aliphatic heterocycles. The van der Waals surface area contributed by atoms with Gasteiger partial charge in [0.2, 0.25) is 0 Å². The smallest absolute Gasteiger partial charge is 0.104 e. The Kier molecular flexibility index (Phi) is 2.49. The molecule has 3 heterocycles. The van der Waals surface area contributed by atoms with Crippen LogP contribution >= 0.6 is 0 Å². The molecule has 2 N–H and O–H groups in total. The Hall–Kier alpha value is -0.830. The summed E-state index contributed by atoms with van der Waals surface area (Å²) in [5.74, 6) is 3.56. The van der Waals surface area contributed by atoms with Gasteiger partial charge in [0.15, 0.2) is 0 Å². The van der Waals surface area contributed by atoms with E-state index in [-0.39, 0.29) is 0 Å². The van der Waals surface area contributed by atoms with E-state index in [0.29, 0.717) is 5.92 Å². The largest absolute Gasteiger partial charge is 0.351 e. The Bertz CT molecular complexity index is 289. The number of piperidine rings is 1. The van der Waals surface area contributed by atoms with Crippen molar-refractivity contribution in [1.82, 2.24) is 10.6 Å². The highest BCUT2D eigenvalue weighted by Crippen LogP contribution is 2.35. The molecule has 15 heavy (non-hydrogen) atoms. The van der Waals surface area contributed by atoms with Gasteiger partial charge in [-0.1, -0.05) is 6.08 Å². The Morgan fingerprint density at radius 2 is 2.07 bits per heavy atom. The third-order valence-corrected chi connectivity index (χ3v) is 4.02. The summed E-state index contributed by atoms with van der Waals surface area (Å²) >= 11 is 0. The summed E-state index contributed by atoms with van der Waals surface area (Å²) < 4.78 is 0. The average Bonchev–Trinajstić information content (AvgIpc) is 2.78. The molecule has 0 aromatic heterocycles. The van der Waals surface area contributed by atoms with Gasteiger partial charge in [-0.15, -0.1) is 0 Å². The van der Waals surface area contributed by atoms with Gasteiger partial charge in [-0.05, 0) is 50.4 Å². The van der Waals surface area contributed by atoms with Crippen molar-refractivity contribution in [2.75, 3.05) is 19.6 Å². The van der Waals surface area contributed by atoms with Crippen molar-refractivity contribution in [3.63, 3.8) is 0 Å². The van der Waals surface area contributed by atoms with Crippen LogP contribution in [0.25, 0.3) is 0 Å². The minimum Gasteiger partial charge on any atom is -0.351 e. The summed E-state index contributed by atoms with van der Waals surface area (Å²) in [6.45, 7) is 3.42. The molecule has 3 rings (SSSR count). The first-order valence-electron chi connectivity index (χ1n) is 6.13. The quantitative estimate of drug-likeness (QED) is 0.673. The molecule has 0 aromatic carbocycles. The van der Waals surface area contributed by atoms with Crippen molar-refractivity contribution in [3.8, 4) is 0 Å². The van der Waals surface area contributed by atoms with E-state index in [2.05, 4.69) is 27.9 Å². The molecule has 0 bridgehead atoms. The lowest BCUT2D eigenvalue weighted by Gasteiger charge is -2.35. The van der Waals surface area contributed by atoms with Crippen molar-refractivity contribution >= 4 is 5.84 Å². The van der Waals surface area contributed by atoms with Crippen LogP contribution in [0.5, 0.6) is 0 Å². The van der Waals surface area contributed by atoms with E-state index in [1.165, 1.54) is 38.2 Å². The van der Waals surface area contributed by atoms with Gasteiger partial charge in [0.1, 0.15) is 5.84 Å². The highest BCUT2D eigenvalue weighted by Gasteiger charge is 2.35. The predicted octanol–water partition coefficient (Wildman–Crippen LogP) is 1.14. The van der Waals surface area contributed by atoms with Gasteiger partial charge in [-0.25, -0.2) is 0 Å². The summed E-state index contributed by atoms with van der Waals surface area (Å²) in [5, 5.41) is 6.75. The Balaban J connectivity index is 1.76. The number of allylic oxidation sites excluding steroid dienone is 1. The molecule has 1 saturated heterocycles. The number of amidine groups is 1. The first kappa shape index (κ1) is 9.40. The summed E-state index contributed by atoms with van der Waals surface area (Å²) in [4.78, 5) is 4.54. The van der Waals surface area contributed by atoms with Crippen LogP contribution in [0.15, 0.2) is 17.3 Å². The van der Waals surface area contributed by atoms with E-state index in [1.54, 1.807) is 0 Å². The molecule has 0 aliphatic carbocycles. The topological polar surface area (TPSA) is 36.4 Å². The molecule has 82 valence electrons. The molecular weight excluding hydrogens is 186 g/mol. The summed E-state index contributed by atoms with van der Waals surface area (Å²) in [6, 6.07) is 0. The normalized spacial score (nSPS) is 35.9. The molecule has 0 aromatic rings. The molecule has 0 amide bonds. The maximum absolute atomic E-state index is 4.54. The molecule has 0 saturated carbocycles. The fourth-order valence-corrected chi connectivity index (χ4v) is 3.20. The number of rotatable bonds is 1. The van der Waals surface area contributed by atoms with E-state index in [4.69, 9.17) is 0 Å². The number of aliphatic imine (C=N–C) groups is 1. The second-order valence-corrected chi connectivity index (χ2v) is 4.83. The Labute approximate surface area is 91.0 Å². The predicted molar refractivity (Wildman–Crippen MR) is 61.8 cm³/mol. The maximum atomic E-state index is 4.54. The van der Waals surface area contributed by atoms with Crippen molar-refractivity contribution in [2.45, 2.75) is 19.3 Å². The standard InChI is InChI=1S/C12H19N3/c1-5-13-6-2-9(1)10-3-7-14-12-11(10)4-8-15-12/h3,7,9-11,13H,1-2,4-6,8H2,(H,14,15). The first-order chi connectivity index (χ1) is 7.45. The van der Waals surface area contributed by atoms with Gasteiger partial charge in [0.05, 0.1) is 0 Å². The van der Waals surface area contributed by atoms with E-state index in [1.807, 2.05) is 0 Å². The number of nitrogens with one attached hydrogen (secondary N) is 2. The summed E-state index contributed by atoms with van der Waals surface area (Å²) in [5.41, 5.74) is 0. The summed E-state index contributed by atoms with van der Waals surface area (Å²) in [7, 11) is 0. The van der Waals surface area contributed by atoms with Crippen LogP contribution in [0.2, 0.25) is 0 Å². The SMILES string of the molecule is C1=CC(C2CCNCC2)C2CCN=C2N1. The Morgan fingerprint density at radius 3 is 2.93 bits per heavy atom. The van der Waals surface area contributed by atoms with Crippen LogP contribution < -0.4 is 10.6 Å². The zero-order chi connectivity index (χ0) is 10.1. The average molecular weight is 205 g/mol. The highest BCUT2D eigenvalue weighted by molar-refractivity contribution is 5.88. The van der Waals surface area contributed by atoms with Crippen molar-refractivity contribution in [1.29, 1.82) is 0 Å². The van der Waals surface area contributed by atoms with Crippen LogP contribution in [-0.4, -0.2) is 25.5 Å². The van der Waals surface area contributed by atoms with Crippen LogP contribution in [-0.2, 0) is 0 Å². The molecule has 2 atom stereocenters. The van der Waals surface area contributed by atoms with E-state index < -0.39 is 0 Å². The Morgan fingerprint density at radius 1 is 1.20 bits per heavy atom. The molecule has 1 fully saturated rings. The zero-order valence-corrected chi connectivity index (χ0v) is 9.08. The number of hydrogen-bond donors (Lipinski definition) is 2. The van der Waals surface area contributed by atoms with Crippen molar-refractivity contribution in [2.24, 2.45) is 22.7 Å². The van der Waals surface area contributed by atoms with Crippen LogP contribution in [0, 0.1) is 17.8 Å².